The van der Waals surface area contributed by atoms with Gasteiger partial charge in [-0.05, 0) is 98.7 Å². The molecule has 5 atom stereocenters. The van der Waals surface area contributed by atoms with Gasteiger partial charge >= 0.3 is 13.3 Å². The van der Waals surface area contributed by atoms with Gasteiger partial charge in [-0.2, -0.15) is 0 Å². The Labute approximate surface area is 487 Å². The van der Waals surface area contributed by atoms with Gasteiger partial charge in [-0.25, -0.2) is 4.79 Å². The van der Waals surface area contributed by atoms with E-state index in [1.165, 1.54) is 38.3 Å². The molecule has 1 unspecified atom stereocenters. The molecule has 85 heavy (non-hydrogen) atoms. The van der Waals surface area contributed by atoms with Gasteiger partial charge in [0.1, 0.15) is 29.9 Å². The third-order valence-corrected chi connectivity index (χ3v) is 17.4. The van der Waals surface area contributed by atoms with Crippen molar-refractivity contribution in [2.75, 3.05) is 50.7 Å². The minimum absolute atomic E-state index is 0.0708. The molecule has 10 rings (SSSR count). The Morgan fingerprint density at radius 2 is 1.48 bits per heavy atom. The van der Waals surface area contributed by atoms with Gasteiger partial charge in [0.25, 0.3) is 11.4 Å². The molecule has 25 nitrogen and oxygen atoms in total. The first-order valence-corrected chi connectivity index (χ1v) is 30.0. The van der Waals surface area contributed by atoms with Gasteiger partial charge in [0, 0.05) is 93.8 Å². The van der Waals surface area contributed by atoms with Crippen LogP contribution in [0, 0.1) is 0 Å². The van der Waals surface area contributed by atoms with Gasteiger partial charge in [0.15, 0.2) is 0 Å². The number of primary amides is 1. The molecule has 0 radical (unpaired) electrons. The zero-order valence-electron chi connectivity index (χ0n) is 46.7. The number of aromatic amines is 1. The number of amides is 8. The molecule has 0 spiro atoms. The average molecular weight is 1180 g/mol. The van der Waals surface area contributed by atoms with Crippen molar-refractivity contribution in [2.24, 2.45) is 12.8 Å². The fourth-order valence-corrected chi connectivity index (χ4v) is 12.6. The molecule has 8 amide bonds. The van der Waals surface area contributed by atoms with Gasteiger partial charge in [-0.1, -0.05) is 60.7 Å². The fourth-order valence-electron chi connectivity index (χ4n) is 12.1. The molecule has 26 heteroatoms. The molecular weight excluding hydrogens is 1120 g/mol. The number of aryl methyl sites for hydroxylation is 1. The topological polar surface area (TPSA) is 341 Å². The number of nitrogens with one attached hydrogen (secondary N) is 5. The third kappa shape index (κ3) is 13.1. The van der Waals surface area contributed by atoms with Gasteiger partial charge in [-0.3, -0.25) is 67.1 Å². The van der Waals surface area contributed by atoms with Crippen molar-refractivity contribution in [3.8, 4) is 0 Å². The molecule has 0 aliphatic carbocycles. The first kappa shape index (κ1) is 59.4. The maximum absolute atomic E-state index is 15.1. The number of aromatic nitrogens is 3. The Balaban J connectivity index is 0.824. The predicted molar refractivity (Wildman–Crippen MR) is 310 cm³/mol. The number of imidazole rings is 1. The van der Waals surface area contributed by atoms with E-state index in [0.717, 1.165) is 16.8 Å². The van der Waals surface area contributed by atoms with Crippen LogP contribution in [0.2, 0.25) is 0 Å². The van der Waals surface area contributed by atoms with Crippen LogP contribution >= 0.6 is 7.60 Å². The number of fused-ring (bicyclic) bond motifs is 3. The highest BCUT2D eigenvalue weighted by atomic mass is 31.2. The first-order valence-electron chi connectivity index (χ1n) is 28.4. The molecule has 9 N–H and O–H groups in total. The second-order valence-electron chi connectivity index (χ2n) is 22.1. The van der Waals surface area contributed by atoms with Crippen LogP contribution in [0.4, 0.5) is 5.69 Å². The molecule has 4 fully saturated rings. The van der Waals surface area contributed by atoms with E-state index >= 15 is 4.79 Å². The normalized spacial score (nSPS) is 20.0. The average Bonchev–Trinajstić information content (AvgIpc) is 2.34. The van der Waals surface area contributed by atoms with Crippen molar-refractivity contribution in [3.63, 3.8) is 0 Å². The number of nitrogens with two attached hydrogens (primary N) is 1. The lowest BCUT2D eigenvalue weighted by Gasteiger charge is -2.39. The maximum Gasteiger partial charge on any atom is 0.396 e. The third-order valence-electron chi connectivity index (χ3n) is 16.6. The van der Waals surface area contributed by atoms with Crippen molar-refractivity contribution in [2.45, 2.75) is 94.0 Å². The molecule has 0 bridgehead atoms. The SMILES string of the molecule is Cn1c(=O)n(C2CCC(=O)NC2=O)c2ccc(N3CCN(CCCC(=O)N4CC[C@H]5CC[C@@H](C(=O)N[C@@H](CCC(N)=O)C(=O)NC(c6ccccc6)c6ccccc6)N5C(=O)[C@@H](NC(=O)c5cc6cc(C(=O)P(=O)(O)O)ccc6[nH]5)C4)CC3)cc21. The van der Waals surface area contributed by atoms with Crippen LogP contribution in [0.3, 0.4) is 0 Å². The Morgan fingerprint density at radius 1 is 0.776 bits per heavy atom. The standard InChI is InChI=1S/C59H67N12O13P/c1-66-48-33-40(16-19-45(48)71(59(66)81)47-21-23-50(73)64-56(47)78)68-29-27-67(28-30-68)25-8-13-51(74)69-26-24-39-15-20-46(55(77)62-42(18-22-49(60)72)53(75)65-52(35-9-4-2-5-10-35)36-11-6-3-7-12-36)70(39)57(79)44(34-69)63-54(76)43-32-38-31-37(14-17-41(38)61-43)58(80)85(82,83)84/h2-7,9-12,14,16-17,19,31-33,39,42,44,46-47,52,61H,8,13,15,18,20-30,34H2,1H3,(H2,60,72)(H,62,77)(H,63,76)(H,65,75)(H,64,73,78)(H2,82,83,84)/t39-,42+,44+,46+,47?/m1/s1. The molecule has 6 aromatic rings. The van der Waals surface area contributed by atoms with Crippen LogP contribution in [0.1, 0.15) is 102 Å². The highest BCUT2D eigenvalue weighted by Gasteiger charge is 2.46. The van der Waals surface area contributed by atoms with Crippen LogP contribution in [0.25, 0.3) is 21.9 Å². The van der Waals surface area contributed by atoms with Crippen LogP contribution in [-0.4, -0.2) is 161 Å². The fraction of sp³-hybridized carbons (Fsp3) is 0.390. The van der Waals surface area contributed by atoms with E-state index in [2.05, 4.69) is 36.1 Å². The lowest BCUT2D eigenvalue weighted by Crippen LogP contribution is -2.62. The number of piperidine rings is 1. The van der Waals surface area contributed by atoms with Gasteiger partial charge in [-0.15, -0.1) is 0 Å². The maximum atomic E-state index is 15.1. The number of imide groups is 1. The monoisotopic (exact) mass is 1180 g/mol. The van der Waals surface area contributed by atoms with Crippen molar-refractivity contribution < 1.29 is 57.5 Å². The number of carbonyl (C=O) groups is 9. The smallest absolute Gasteiger partial charge is 0.370 e. The molecule has 4 aromatic carbocycles. The molecule has 4 aliphatic heterocycles. The van der Waals surface area contributed by atoms with Gasteiger partial charge in [0.05, 0.1) is 17.1 Å². The number of hydrogen-bond acceptors (Lipinski definition) is 13. The van der Waals surface area contributed by atoms with E-state index in [4.69, 9.17) is 5.73 Å². The number of benzene rings is 4. The summed E-state index contributed by atoms with van der Waals surface area (Å²) in [6, 6.07) is 23.5. The minimum atomic E-state index is -5.13. The lowest BCUT2D eigenvalue weighted by atomic mass is 9.98. The second-order valence-corrected chi connectivity index (χ2v) is 23.6. The highest BCUT2D eigenvalue weighted by molar-refractivity contribution is 7.70. The summed E-state index contributed by atoms with van der Waals surface area (Å²) in [6.45, 7) is 3.15. The second kappa shape index (κ2) is 25.2. The Kier molecular flexibility index (Phi) is 17.6. The number of H-pyrrole nitrogens is 1. The summed E-state index contributed by atoms with van der Waals surface area (Å²) in [4.78, 5) is 164. The van der Waals surface area contributed by atoms with Crippen LogP contribution in [-0.2, 0) is 45.2 Å². The molecule has 2 aromatic heterocycles. The van der Waals surface area contributed by atoms with Crippen molar-refractivity contribution >= 4 is 88.0 Å². The predicted octanol–water partition coefficient (Wildman–Crippen LogP) is 2.07. The van der Waals surface area contributed by atoms with Crippen LogP contribution in [0.5, 0.6) is 0 Å². The molecule has 6 heterocycles. The van der Waals surface area contributed by atoms with Crippen molar-refractivity contribution in [1.82, 2.24) is 50.1 Å². The number of carbonyl (C=O) groups excluding carboxylic acids is 9. The summed E-state index contributed by atoms with van der Waals surface area (Å²) in [5.74, 6) is -4.52. The van der Waals surface area contributed by atoms with E-state index < -0.39 is 84.8 Å². The molecule has 446 valence electrons. The van der Waals surface area contributed by atoms with E-state index in [0.29, 0.717) is 68.5 Å². The first-order chi connectivity index (χ1) is 40.7. The number of nitrogens with zero attached hydrogens (tertiary/aromatic N) is 6. The largest absolute Gasteiger partial charge is 0.396 e. The highest BCUT2D eigenvalue weighted by Crippen LogP contribution is 2.40. The Bertz CT molecular complexity index is 3660. The van der Waals surface area contributed by atoms with Crippen molar-refractivity contribution in [1.29, 1.82) is 0 Å². The summed E-state index contributed by atoms with van der Waals surface area (Å²) < 4.78 is 14.7. The van der Waals surface area contributed by atoms with Gasteiger partial charge < -0.3 is 51.2 Å². The summed E-state index contributed by atoms with van der Waals surface area (Å²) in [5, 5.41) is 11.3. The van der Waals surface area contributed by atoms with E-state index in [1.807, 2.05) is 78.9 Å². The summed E-state index contributed by atoms with van der Waals surface area (Å²) in [7, 11) is -3.48. The van der Waals surface area contributed by atoms with Crippen LogP contribution < -0.4 is 37.6 Å². The summed E-state index contributed by atoms with van der Waals surface area (Å²) in [6.07, 6.45) is 1.39. The summed E-state index contributed by atoms with van der Waals surface area (Å²) in [5.41, 5.74) is 7.47. The van der Waals surface area contributed by atoms with E-state index in [1.54, 1.807) is 11.9 Å². The lowest BCUT2D eigenvalue weighted by molar-refractivity contribution is -0.145. The number of rotatable bonds is 19. The molecule has 0 saturated carbocycles. The Morgan fingerprint density at radius 3 is 2.15 bits per heavy atom. The zero-order valence-corrected chi connectivity index (χ0v) is 47.6. The van der Waals surface area contributed by atoms with Gasteiger partial charge in [0.2, 0.25) is 41.4 Å². The molecular formula is C59H67N12O13P. The van der Waals surface area contributed by atoms with E-state index in [-0.39, 0.29) is 85.8 Å². The van der Waals surface area contributed by atoms with Crippen molar-refractivity contribution in [3.05, 3.63) is 136 Å². The number of piperazine rings is 1. The van der Waals surface area contributed by atoms with Crippen LogP contribution in [0.15, 0.2) is 108 Å². The number of anilines is 1. The zero-order chi connectivity index (χ0) is 60.3. The quantitative estimate of drug-likeness (QED) is 0.0425. The summed E-state index contributed by atoms with van der Waals surface area (Å²) >= 11 is 0. The minimum Gasteiger partial charge on any atom is -0.370 e. The Hall–Kier alpha value is -8.77. The molecule has 4 aliphatic rings. The molecule has 4 saturated heterocycles. The number of hydrogen-bond donors (Lipinski definition) is 8. The van der Waals surface area contributed by atoms with E-state index in [9.17, 15) is 57.5 Å².